The number of aliphatic hydroxyl groups is 1. The van der Waals surface area contributed by atoms with Crippen molar-refractivity contribution in [2.45, 2.75) is 33.1 Å². The van der Waals surface area contributed by atoms with Gasteiger partial charge in [0.2, 0.25) is 0 Å². The minimum atomic E-state index is 0.0500. The van der Waals surface area contributed by atoms with Crippen LogP contribution in [-0.4, -0.2) is 18.9 Å². The second kappa shape index (κ2) is 4.23. The van der Waals surface area contributed by atoms with Crippen molar-refractivity contribution in [1.29, 1.82) is 0 Å². The number of hydrogen-bond donors (Lipinski definition) is 1. The molecule has 0 amide bonds. The molecule has 0 bridgehead atoms. The molecule has 2 nitrogen and oxygen atoms in total. The predicted molar refractivity (Wildman–Crippen MR) is 65.4 cm³/mol. The first-order valence-corrected chi connectivity index (χ1v) is 5.29. The average molecular weight is 207 g/mol. The summed E-state index contributed by atoms with van der Waals surface area (Å²) < 4.78 is 0. The highest BCUT2D eigenvalue weighted by atomic mass is 16.3. The van der Waals surface area contributed by atoms with Gasteiger partial charge in [0.25, 0.3) is 0 Å². The van der Waals surface area contributed by atoms with Crippen LogP contribution in [0, 0.1) is 6.92 Å². The van der Waals surface area contributed by atoms with Crippen LogP contribution in [0.5, 0.6) is 0 Å². The molecule has 0 saturated carbocycles. The summed E-state index contributed by atoms with van der Waals surface area (Å²) in [5.74, 6) is 0. The molecule has 0 aliphatic rings. The molecule has 0 fully saturated rings. The second-order valence-electron chi connectivity index (χ2n) is 5.09. The molecule has 0 atom stereocenters. The van der Waals surface area contributed by atoms with Crippen LogP contribution in [0.3, 0.4) is 0 Å². The Bertz CT molecular complexity index is 339. The molecule has 15 heavy (non-hydrogen) atoms. The van der Waals surface area contributed by atoms with Crippen molar-refractivity contribution in [2.75, 3.05) is 18.7 Å². The molecule has 2 heteroatoms. The molecule has 1 N–H and O–H groups in total. The van der Waals surface area contributed by atoms with Crippen molar-refractivity contribution in [3.63, 3.8) is 0 Å². The third-order valence-electron chi connectivity index (χ3n) is 2.70. The number of nitrogens with zero attached hydrogens (tertiary/aromatic N) is 1. The van der Waals surface area contributed by atoms with E-state index in [-0.39, 0.29) is 12.1 Å². The van der Waals surface area contributed by atoms with Crippen LogP contribution >= 0.6 is 0 Å². The minimum Gasteiger partial charge on any atom is -0.376 e. The Kier molecular flexibility index (Phi) is 3.40. The Balaban J connectivity index is 3.17. The van der Waals surface area contributed by atoms with E-state index in [1.807, 2.05) is 11.9 Å². The first-order chi connectivity index (χ1) is 6.86. The summed E-state index contributed by atoms with van der Waals surface area (Å²) in [6.45, 7) is 8.70. The van der Waals surface area contributed by atoms with Crippen molar-refractivity contribution in [2.24, 2.45) is 0 Å². The Hall–Kier alpha value is -1.02. The van der Waals surface area contributed by atoms with Crippen LogP contribution in [-0.2, 0) is 5.41 Å². The van der Waals surface area contributed by atoms with E-state index in [9.17, 15) is 0 Å². The fourth-order valence-corrected chi connectivity index (χ4v) is 1.56. The third-order valence-corrected chi connectivity index (χ3v) is 2.70. The Morgan fingerprint density at radius 1 is 1.27 bits per heavy atom. The van der Waals surface area contributed by atoms with Crippen molar-refractivity contribution >= 4 is 5.69 Å². The molecule has 0 saturated heterocycles. The molecule has 0 spiro atoms. The molecule has 0 heterocycles. The van der Waals surface area contributed by atoms with Crippen LogP contribution in [0.1, 0.15) is 31.9 Å². The van der Waals surface area contributed by atoms with Gasteiger partial charge in [-0.25, -0.2) is 0 Å². The van der Waals surface area contributed by atoms with E-state index in [0.717, 1.165) is 5.69 Å². The topological polar surface area (TPSA) is 23.5 Å². The fraction of sp³-hybridized carbons (Fsp3) is 0.538. The van der Waals surface area contributed by atoms with E-state index in [1.165, 1.54) is 11.1 Å². The van der Waals surface area contributed by atoms with Gasteiger partial charge in [0.05, 0.1) is 0 Å². The number of benzene rings is 1. The molecule has 1 rings (SSSR count). The van der Waals surface area contributed by atoms with Gasteiger partial charge in [-0.1, -0.05) is 32.9 Å². The van der Waals surface area contributed by atoms with Crippen molar-refractivity contribution in [3.05, 3.63) is 29.3 Å². The Morgan fingerprint density at radius 2 is 1.87 bits per heavy atom. The first kappa shape index (κ1) is 12.1. The van der Waals surface area contributed by atoms with E-state index in [1.54, 1.807) is 0 Å². The normalized spacial score (nSPS) is 11.6. The lowest BCUT2D eigenvalue weighted by Crippen LogP contribution is -2.20. The maximum atomic E-state index is 9.13. The van der Waals surface area contributed by atoms with Gasteiger partial charge in [-0.15, -0.1) is 0 Å². The average Bonchev–Trinajstić information content (AvgIpc) is 2.15. The molecular weight excluding hydrogens is 186 g/mol. The van der Waals surface area contributed by atoms with Crippen LogP contribution in [0.2, 0.25) is 0 Å². The van der Waals surface area contributed by atoms with Gasteiger partial charge in [0, 0.05) is 12.7 Å². The molecule has 0 unspecified atom stereocenters. The Labute approximate surface area is 92.5 Å². The van der Waals surface area contributed by atoms with E-state index in [0.29, 0.717) is 0 Å². The van der Waals surface area contributed by atoms with E-state index >= 15 is 0 Å². The summed E-state index contributed by atoms with van der Waals surface area (Å²) in [6.07, 6.45) is 0. The maximum Gasteiger partial charge on any atom is 0.115 e. The highest BCUT2D eigenvalue weighted by Crippen LogP contribution is 2.28. The van der Waals surface area contributed by atoms with Crippen molar-refractivity contribution < 1.29 is 5.11 Å². The van der Waals surface area contributed by atoms with Crippen LogP contribution in [0.25, 0.3) is 0 Å². The van der Waals surface area contributed by atoms with Gasteiger partial charge in [-0.2, -0.15) is 0 Å². The number of hydrogen-bond acceptors (Lipinski definition) is 2. The van der Waals surface area contributed by atoms with Gasteiger partial charge in [0.15, 0.2) is 0 Å². The maximum absolute atomic E-state index is 9.13. The molecule has 84 valence electrons. The lowest BCUT2D eigenvalue weighted by molar-refractivity contribution is 0.298. The molecule has 0 aliphatic heterocycles. The zero-order valence-corrected chi connectivity index (χ0v) is 10.3. The van der Waals surface area contributed by atoms with Gasteiger partial charge in [-0.05, 0) is 29.5 Å². The number of aryl methyl sites for hydroxylation is 1. The van der Waals surface area contributed by atoms with Gasteiger partial charge in [0.1, 0.15) is 6.73 Å². The molecule has 1 aromatic rings. The van der Waals surface area contributed by atoms with Gasteiger partial charge < -0.3 is 10.0 Å². The van der Waals surface area contributed by atoms with Crippen LogP contribution < -0.4 is 4.90 Å². The highest BCUT2D eigenvalue weighted by molar-refractivity contribution is 5.55. The summed E-state index contributed by atoms with van der Waals surface area (Å²) in [7, 11) is 1.90. The fourth-order valence-electron chi connectivity index (χ4n) is 1.56. The SMILES string of the molecule is Cc1ccc(C(C)(C)C)cc1N(C)CO. The Morgan fingerprint density at radius 3 is 2.33 bits per heavy atom. The monoisotopic (exact) mass is 207 g/mol. The lowest BCUT2D eigenvalue weighted by Gasteiger charge is -2.24. The summed E-state index contributed by atoms with van der Waals surface area (Å²) in [6, 6.07) is 6.43. The van der Waals surface area contributed by atoms with E-state index in [2.05, 4.69) is 45.9 Å². The largest absolute Gasteiger partial charge is 0.376 e. The van der Waals surface area contributed by atoms with E-state index in [4.69, 9.17) is 5.11 Å². The van der Waals surface area contributed by atoms with Gasteiger partial charge in [-0.3, -0.25) is 0 Å². The first-order valence-electron chi connectivity index (χ1n) is 5.29. The molecule has 1 aromatic carbocycles. The zero-order chi connectivity index (χ0) is 11.6. The summed E-state index contributed by atoms with van der Waals surface area (Å²) >= 11 is 0. The smallest absolute Gasteiger partial charge is 0.115 e. The molecular formula is C13H21NO. The number of rotatable bonds is 2. The minimum absolute atomic E-state index is 0.0500. The van der Waals surface area contributed by atoms with E-state index < -0.39 is 0 Å². The molecule has 0 radical (unpaired) electrons. The molecule has 0 aromatic heterocycles. The zero-order valence-electron chi connectivity index (χ0n) is 10.3. The summed E-state index contributed by atoms with van der Waals surface area (Å²) in [4.78, 5) is 1.85. The predicted octanol–water partition coefficient (Wildman–Crippen LogP) is 2.68. The number of aliphatic hydroxyl groups excluding tert-OH is 1. The second-order valence-corrected chi connectivity index (χ2v) is 5.09. The summed E-state index contributed by atoms with van der Waals surface area (Å²) in [5, 5.41) is 9.13. The summed E-state index contributed by atoms with van der Waals surface area (Å²) in [5.41, 5.74) is 3.74. The quantitative estimate of drug-likeness (QED) is 0.754. The van der Waals surface area contributed by atoms with Crippen LogP contribution in [0.15, 0.2) is 18.2 Å². The van der Waals surface area contributed by atoms with Gasteiger partial charge >= 0.3 is 0 Å². The lowest BCUT2D eigenvalue weighted by atomic mass is 9.86. The van der Waals surface area contributed by atoms with Crippen LogP contribution in [0.4, 0.5) is 5.69 Å². The van der Waals surface area contributed by atoms with Crippen molar-refractivity contribution in [3.8, 4) is 0 Å². The molecule has 0 aliphatic carbocycles. The number of anilines is 1. The van der Waals surface area contributed by atoms with Crippen molar-refractivity contribution in [1.82, 2.24) is 0 Å². The standard InChI is InChI=1S/C13H21NO/c1-10-6-7-11(13(2,3)4)8-12(10)14(5)9-15/h6-8,15H,9H2,1-5H3. The highest BCUT2D eigenvalue weighted by Gasteiger charge is 2.15. The third kappa shape index (κ3) is 2.72.